The van der Waals surface area contributed by atoms with Gasteiger partial charge in [0.25, 0.3) is 0 Å². The molecule has 0 aromatic heterocycles. The van der Waals surface area contributed by atoms with E-state index in [1.54, 1.807) is 0 Å². The summed E-state index contributed by atoms with van der Waals surface area (Å²) in [7, 11) is 0. The van der Waals surface area contributed by atoms with Gasteiger partial charge in [-0.1, -0.05) is 48.5 Å². The minimum Gasteiger partial charge on any atom is -0.504 e. The van der Waals surface area contributed by atoms with Crippen molar-refractivity contribution in [3.8, 4) is 45.6 Å². The molecule has 0 spiro atoms. The molecule has 1 aliphatic carbocycles. The molecule has 0 unspecified atom stereocenters. The molecular formula is C25H18O6. The first-order chi connectivity index (χ1) is 14.9. The molecule has 31 heavy (non-hydrogen) atoms. The van der Waals surface area contributed by atoms with Crippen LogP contribution in [0.5, 0.6) is 34.5 Å². The lowest BCUT2D eigenvalue weighted by atomic mass is 9.67. The van der Waals surface area contributed by atoms with Crippen molar-refractivity contribution in [2.24, 2.45) is 0 Å². The summed E-state index contributed by atoms with van der Waals surface area (Å²) in [6.07, 6.45) is 0. The Balaban J connectivity index is 2.04. The van der Waals surface area contributed by atoms with E-state index >= 15 is 0 Å². The van der Waals surface area contributed by atoms with Crippen molar-refractivity contribution in [3.63, 3.8) is 0 Å². The van der Waals surface area contributed by atoms with Crippen molar-refractivity contribution in [1.29, 1.82) is 0 Å². The second kappa shape index (κ2) is 6.34. The van der Waals surface area contributed by atoms with Crippen LogP contribution in [0, 0.1) is 0 Å². The summed E-state index contributed by atoms with van der Waals surface area (Å²) >= 11 is 0. The summed E-state index contributed by atoms with van der Waals surface area (Å²) in [5.41, 5.74) is 2.11. The van der Waals surface area contributed by atoms with E-state index < -0.39 is 39.9 Å². The molecule has 154 valence electrons. The maximum absolute atomic E-state index is 10.9. The Kier molecular flexibility index (Phi) is 3.82. The highest BCUT2D eigenvalue weighted by Gasteiger charge is 2.49. The number of fused-ring (bicyclic) bond motifs is 3. The molecule has 0 saturated carbocycles. The van der Waals surface area contributed by atoms with E-state index in [1.807, 2.05) is 48.5 Å². The van der Waals surface area contributed by atoms with Gasteiger partial charge in [-0.15, -0.1) is 0 Å². The highest BCUT2D eigenvalue weighted by molar-refractivity contribution is 5.88. The van der Waals surface area contributed by atoms with Gasteiger partial charge in [0.15, 0.2) is 23.0 Å². The average Bonchev–Trinajstić information content (AvgIpc) is 3.07. The molecule has 0 saturated heterocycles. The molecule has 0 fully saturated rings. The largest absolute Gasteiger partial charge is 0.504 e. The zero-order valence-corrected chi connectivity index (χ0v) is 16.1. The van der Waals surface area contributed by atoms with E-state index in [0.717, 1.165) is 11.1 Å². The summed E-state index contributed by atoms with van der Waals surface area (Å²) in [5.74, 6) is -3.48. The topological polar surface area (TPSA) is 121 Å². The molecule has 6 nitrogen and oxygen atoms in total. The van der Waals surface area contributed by atoms with Crippen LogP contribution in [-0.4, -0.2) is 30.6 Å². The molecule has 0 atom stereocenters. The fraction of sp³-hybridized carbons (Fsp3) is 0.0400. The number of aromatic hydroxyl groups is 6. The first-order valence-corrected chi connectivity index (χ1v) is 9.57. The zero-order valence-electron chi connectivity index (χ0n) is 16.1. The minimum absolute atomic E-state index is 0.195. The van der Waals surface area contributed by atoms with Crippen LogP contribution in [0.1, 0.15) is 22.3 Å². The van der Waals surface area contributed by atoms with Crippen molar-refractivity contribution < 1.29 is 30.6 Å². The maximum atomic E-state index is 10.9. The molecule has 0 bridgehead atoms. The second-order valence-electron chi connectivity index (χ2n) is 7.50. The van der Waals surface area contributed by atoms with Gasteiger partial charge in [0.05, 0.1) is 5.41 Å². The van der Waals surface area contributed by atoms with Gasteiger partial charge >= 0.3 is 0 Å². The van der Waals surface area contributed by atoms with Crippen LogP contribution in [0.2, 0.25) is 0 Å². The van der Waals surface area contributed by atoms with Crippen molar-refractivity contribution in [2.45, 2.75) is 5.41 Å². The average molecular weight is 414 g/mol. The zero-order chi connectivity index (χ0) is 21.9. The van der Waals surface area contributed by atoms with Crippen LogP contribution in [0.25, 0.3) is 11.1 Å². The van der Waals surface area contributed by atoms with Crippen LogP contribution in [0.15, 0.2) is 72.8 Å². The van der Waals surface area contributed by atoms with E-state index in [2.05, 4.69) is 0 Å². The molecule has 5 rings (SSSR count). The molecule has 4 aromatic rings. The van der Waals surface area contributed by atoms with E-state index in [0.29, 0.717) is 11.1 Å². The van der Waals surface area contributed by atoms with Crippen molar-refractivity contribution in [3.05, 3.63) is 95.1 Å². The molecule has 0 aliphatic heterocycles. The summed E-state index contributed by atoms with van der Waals surface area (Å²) in [6.45, 7) is 0. The number of hydrogen-bond acceptors (Lipinski definition) is 6. The number of benzene rings is 4. The van der Waals surface area contributed by atoms with Crippen LogP contribution in [0.4, 0.5) is 0 Å². The van der Waals surface area contributed by atoms with Crippen molar-refractivity contribution >= 4 is 0 Å². The van der Waals surface area contributed by atoms with Crippen LogP contribution in [-0.2, 0) is 5.41 Å². The number of hydrogen-bond donors (Lipinski definition) is 6. The summed E-state index contributed by atoms with van der Waals surface area (Å²) in [6, 6.07) is 20.3. The first-order valence-electron chi connectivity index (χ1n) is 9.57. The van der Waals surface area contributed by atoms with Gasteiger partial charge in [-0.05, 0) is 46.5 Å². The van der Waals surface area contributed by atoms with Gasteiger partial charge in [0, 0.05) is 11.1 Å². The quantitative estimate of drug-likeness (QED) is 0.240. The normalized spacial score (nSPS) is 13.5. The van der Waals surface area contributed by atoms with E-state index in [-0.39, 0.29) is 11.1 Å². The lowest BCUT2D eigenvalue weighted by molar-refractivity contribution is 0.357. The van der Waals surface area contributed by atoms with Crippen LogP contribution in [0.3, 0.4) is 0 Å². The molecule has 0 amide bonds. The molecule has 0 radical (unpaired) electrons. The maximum Gasteiger partial charge on any atom is 0.200 e. The van der Waals surface area contributed by atoms with Gasteiger partial charge in [0.2, 0.25) is 11.5 Å². The Labute approximate surface area is 177 Å². The Bertz CT molecular complexity index is 1250. The van der Waals surface area contributed by atoms with Crippen molar-refractivity contribution in [1.82, 2.24) is 0 Å². The van der Waals surface area contributed by atoms with Gasteiger partial charge < -0.3 is 30.6 Å². The Morgan fingerprint density at radius 3 is 1.19 bits per heavy atom. The predicted molar refractivity (Wildman–Crippen MR) is 114 cm³/mol. The number of rotatable bonds is 2. The van der Waals surface area contributed by atoms with Crippen LogP contribution >= 0.6 is 0 Å². The van der Waals surface area contributed by atoms with Gasteiger partial charge in [0.1, 0.15) is 0 Å². The second-order valence-corrected chi connectivity index (χ2v) is 7.50. The van der Waals surface area contributed by atoms with Gasteiger partial charge in [-0.2, -0.15) is 0 Å². The first kappa shape index (κ1) is 18.7. The SMILES string of the molecule is Oc1ccc(C2(c3ccc(O)c(O)c3O)c3ccccc3-c3ccccc32)c(O)c1O. The summed E-state index contributed by atoms with van der Waals surface area (Å²) in [4.78, 5) is 0. The molecule has 6 N–H and O–H groups in total. The molecule has 6 heteroatoms. The lowest BCUT2D eigenvalue weighted by Gasteiger charge is -2.34. The molecular weight excluding hydrogens is 396 g/mol. The van der Waals surface area contributed by atoms with Gasteiger partial charge in [-0.3, -0.25) is 0 Å². The molecule has 4 aromatic carbocycles. The third kappa shape index (κ3) is 2.27. The van der Waals surface area contributed by atoms with E-state index in [9.17, 15) is 30.6 Å². The third-order valence-electron chi connectivity index (χ3n) is 6.02. The highest BCUT2D eigenvalue weighted by Crippen LogP contribution is 2.61. The van der Waals surface area contributed by atoms with Gasteiger partial charge in [-0.25, -0.2) is 0 Å². The van der Waals surface area contributed by atoms with E-state index in [4.69, 9.17) is 0 Å². The Morgan fingerprint density at radius 2 is 0.774 bits per heavy atom. The van der Waals surface area contributed by atoms with Crippen LogP contribution < -0.4 is 0 Å². The molecule has 0 heterocycles. The lowest BCUT2D eigenvalue weighted by Crippen LogP contribution is -2.28. The van der Waals surface area contributed by atoms with E-state index in [1.165, 1.54) is 24.3 Å². The summed E-state index contributed by atoms with van der Waals surface area (Å²) in [5, 5.41) is 62.3. The standard InChI is InChI=1S/C25H18O6/c26-19-11-9-17(21(28)23(19)30)25(18-10-12-20(27)24(31)22(18)29)15-7-3-1-5-13(15)14-6-2-4-8-16(14)25/h1-12,26-31H. The minimum atomic E-state index is -1.35. The molecule has 1 aliphatic rings. The Morgan fingerprint density at radius 1 is 0.387 bits per heavy atom. The smallest absolute Gasteiger partial charge is 0.200 e. The predicted octanol–water partition coefficient (Wildman–Crippen LogP) is 4.28. The number of phenols is 6. The third-order valence-corrected chi connectivity index (χ3v) is 6.02. The fourth-order valence-electron chi connectivity index (χ4n) is 4.70. The summed E-state index contributed by atoms with van der Waals surface area (Å²) < 4.78 is 0. The van der Waals surface area contributed by atoms with Crippen molar-refractivity contribution in [2.75, 3.05) is 0 Å². The highest BCUT2D eigenvalue weighted by atomic mass is 16.3. The number of phenolic OH excluding ortho intramolecular Hbond substituents is 6. The Hall–Kier alpha value is -4.32. The fourth-order valence-corrected chi connectivity index (χ4v) is 4.70. The monoisotopic (exact) mass is 414 g/mol.